The summed E-state index contributed by atoms with van der Waals surface area (Å²) < 4.78 is 0. The van der Waals surface area contributed by atoms with Crippen LogP contribution in [0.3, 0.4) is 0 Å². The predicted molar refractivity (Wildman–Crippen MR) is 83.8 cm³/mol. The second-order valence-corrected chi connectivity index (χ2v) is 5.36. The number of carbonyl (C=O) groups excluding carboxylic acids is 1. The highest BCUT2D eigenvalue weighted by Gasteiger charge is 2.30. The molecule has 23 heavy (non-hydrogen) atoms. The molecule has 1 saturated heterocycles. The molecule has 1 fully saturated rings. The summed E-state index contributed by atoms with van der Waals surface area (Å²) in [7, 11) is 0. The molecule has 2 heterocycles. The Kier molecular flexibility index (Phi) is 4.18. The Labute approximate surface area is 133 Å². The number of urea groups is 1. The zero-order valence-electron chi connectivity index (χ0n) is 12.3. The van der Waals surface area contributed by atoms with Gasteiger partial charge in [0.1, 0.15) is 0 Å². The van der Waals surface area contributed by atoms with Gasteiger partial charge in [-0.05, 0) is 6.42 Å². The van der Waals surface area contributed by atoms with Gasteiger partial charge >= 0.3 is 12.0 Å². The van der Waals surface area contributed by atoms with E-state index in [1.54, 1.807) is 0 Å². The number of rotatable bonds is 3. The number of carbonyl (C=O) groups is 2. The number of anilines is 1. The van der Waals surface area contributed by atoms with Crippen LogP contribution in [0.2, 0.25) is 0 Å². The van der Waals surface area contributed by atoms with Crippen molar-refractivity contribution in [2.24, 2.45) is 5.92 Å². The summed E-state index contributed by atoms with van der Waals surface area (Å²) in [6.45, 7) is 0.663. The molecule has 1 unspecified atom stereocenters. The van der Waals surface area contributed by atoms with Crippen LogP contribution in [0.1, 0.15) is 6.42 Å². The van der Waals surface area contributed by atoms with Crippen molar-refractivity contribution in [1.29, 1.82) is 0 Å². The van der Waals surface area contributed by atoms with Crippen molar-refractivity contribution in [3.05, 3.63) is 42.7 Å². The van der Waals surface area contributed by atoms with E-state index in [9.17, 15) is 9.59 Å². The number of likely N-dealkylation sites (tertiary alicyclic amines) is 1. The van der Waals surface area contributed by atoms with Gasteiger partial charge in [0.2, 0.25) is 0 Å². The number of aromatic nitrogens is 2. The molecule has 7 heteroatoms. The number of hydrogen-bond acceptors (Lipinski definition) is 4. The third-order valence-electron chi connectivity index (χ3n) is 3.76. The Bertz CT molecular complexity index is 703. The van der Waals surface area contributed by atoms with Gasteiger partial charge in [0.15, 0.2) is 5.82 Å². The number of hydrogen-bond donors (Lipinski definition) is 2. The molecule has 2 N–H and O–H groups in total. The van der Waals surface area contributed by atoms with E-state index in [1.165, 1.54) is 17.3 Å². The number of benzene rings is 1. The average Bonchev–Trinajstić information content (AvgIpc) is 3.07. The minimum atomic E-state index is -0.865. The van der Waals surface area contributed by atoms with E-state index >= 15 is 0 Å². The smallest absolute Gasteiger partial charge is 0.321 e. The third-order valence-corrected chi connectivity index (χ3v) is 3.76. The minimum absolute atomic E-state index is 0.226. The minimum Gasteiger partial charge on any atom is -0.481 e. The zero-order valence-corrected chi connectivity index (χ0v) is 12.3. The molecule has 1 aromatic carbocycles. The summed E-state index contributed by atoms with van der Waals surface area (Å²) >= 11 is 0. The van der Waals surface area contributed by atoms with Gasteiger partial charge in [-0.15, -0.1) is 0 Å². The summed E-state index contributed by atoms with van der Waals surface area (Å²) in [5.41, 5.74) is 1.38. The normalized spacial score (nSPS) is 17.0. The van der Waals surface area contributed by atoms with Gasteiger partial charge in [-0.2, -0.15) is 0 Å². The first kappa shape index (κ1) is 15.0. The van der Waals surface area contributed by atoms with E-state index in [0.717, 1.165) is 5.56 Å². The number of aliphatic carboxylic acids is 1. The van der Waals surface area contributed by atoms with Crippen molar-refractivity contribution in [2.75, 3.05) is 18.4 Å². The highest BCUT2D eigenvalue weighted by molar-refractivity contribution is 5.89. The van der Waals surface area contributed by atoms with Crippen molar-refractivity contribution in [2.45, 2.75) is 6.42 Å². The number of nitrogens with one attached hydrogen (secondary N) is 1. The van der Waals surface area contributed by atoms with E-state index < -0.39 is 11.9 Å². The third kappa shape index (κ3) is 3.45. The highest BCUT2D eigenvalue weighted by Crippen LogP contribution is 2.18. The van der Waals surface area contributed by atoms with E-state index in [1.807, 2.05) is 30.3 Å². The monoisotopic (exact) mass is 312 g/mol. The van der Waals surface area contributed by atoms with Gasteiger partial charge in [-0.1, -0.05) is 30.3 Å². The van der Waals surface area contributed by atoms with Crippen LogP contribution in [0.25, 0.3) is 11.4 Å². The van der Waals surface area contributed by atoms with Crippen molar-refractivity contribution in [1.82, 2.24) is 14.9 Å². The molecule has 0 aliphatic carbocycles. The summed E-state index contributed by atoms with van der Waals surface area (Å²) in [4.78, 5) is 33.0. The molecule has 2 aromatic rings. The second kappa shape index (κ2) is 6.43. The lowest BCUT2D eigenvalue weighted by Gasteiger charge is -2.16. The lowest BCUT2D eigenvalue weighted by Crippen LogP contribution is -2.33. The maximum Gasteiger partial charge on any atom is 0.321 e. The second-order valence-electron chi connectivity index (χ2n) is 5.36. The predicted octanol–water partition coefficient (Wildman–Crippen LogP) is 2.08. The van der Waals surface area contributed by atoms with E-state index in [4.69, 9.17) is 5.11 Å². The quantitative estimate of drug-likeness (QED) is 0.904. The van der Waals surface area contributed by atoms with Gasteiger partial charge in [0.25, 0.3) is 0 Å². The fourth-order valence-electron chi connectivity index (χ4n) is 2.48. The Morgan fingerprint density at radius 3 is 2.48 bits per heavy atom. The maximum atomic E-state index is 12.1. The van der Waals surface area contributed by atoms with Gasteiger partial charge in [-0.3, -0.25) is 4.79 Å². The Hall–Kier alpha value is -2.96. The SMILES string of the molecule is O=C(O)C1CCN(C(=O)Nc2cnc(-c3ccccc3)nc2)C1. The average molecular weight is 312 g/mol. The fraction of sp³-hybridized carbons (Fsp3) is 0.250. The van der Waals surface area contributed by atoms with E-state index in [2.05, 4.69) is 15.3 Å². The maximum absolute atomic E-state index is 12.1. The number of carboxylic acid groups (broad SMARTS) is 1. The molecule has 0 bridgehead atoms. The van der Waals surface area contributed by atoms with Crippen LogP contribution in [0.5, 0.6) is 0 Å². The summed E-state index contributed by atoms with van der Waals surface area (Å²) in [5.74, 6) is -0.774. The van der Waals surface area contributed by atoms with Crippen LogP contribution >= 0.6 is 0 Å². The number of amides is 2. The first-order valence-electron chi connectivity index (χ1n) is 7.29. The van der Waals surface area contributed by atoms with Crippen molar-refractivity contribution in [3.63, 3.8) is 0 Å². The topological polar surface area (TPSA) is 95.4 Å². The zero-order chi connectivity index (χ0) is 16.2. The largest absolute Gasteiger partial charge is 0.481 e. The molecular formula is C16H16N4O3. The van der Waals surface area contributed by atoms with Crippen molar-refractivity contribution < 1.29 is 14.7 Å². The van der Waals surface area contributed by atoms with Crippen LogP contribution in [0.4, 0.5) is 10.5 Å². The molecule has 0 radical (unpaired) electrons. The molecule has 1 aliphatic heterocycles. The van der Waals surface area contributed by atoms with E-state index in [-0.39, 0.29) is 12.6 Å². The molecule has 7 nitrogen and oxygen atoms in total. The van der Waals surface area contributed by atoms with Crippen LogP contribution in [-0.2, 0) is 4.79 Å². The summed E-state index contributed by atoms with van der Waals surface area (Å²) in [6, 6.07) is 9.21. The molecule has 3 rings (SSSR count). The van der Waals surface area contributed by atoms with Crippen LogP contribution in [0.15, 0.2) is 42.7 Å². The van der Waals surface area contributed by atoms with Crippen LogP contribution in [-0.4, -0.2) is 45.1 Å². The summed E-state index contributed by atoms with van der Waals surface area (Å²) in [5, 5.41) is 11.7. The molecule has 118 valence electrons. The first-order chi connectivity index (χ1) is 11.1. The van der Waals surface area contributed by atoms with Gasteiger partial charge < -0.3 is 15.3 Å². The van der Waals surface area contributed by atoms with Crippen molar-refractivity contribution >= 4 is 17.7 Å². The van der Waals surface area contributed by atoms with Crippen molar-refractivity contribution in [3.8, 4) is 11.4 Å². The molecular weight excluding hydrogens is 296 g/mol. The molecule has 1 aliphatic rings. The highest BCUT2D eigenvalue weighted by atomic mass is 16.4. The lowest BCUT2D eigenvalue weighted by atomic mass is 10.1. The Morgan fingerprint density at radius 1 is 1.17 bits per heavy atom. The molecule has 1 atom stereocenters. The molecule has 0 spiro atoms. The number of nitrogens with zero attached hydrogens (tertiary/aromatic N) is 3. The molecule has 1 aromatic heterocycles. The first-order valence-corrected chi connectivity index (χ1v) is 7.29. The Balaban J connectivity index is 1.62. The Morgan fingerprint density at radius 2 is 1.87 bits per heavy atom. The van der Waals surface area contributed by atoms with Gasteiger partial charge in [0, 0.05) is 18.7 Å². The summed E-state index contributed by atoms with van der Waals surface area (Å²) in [6.07, 6.45) is 3.56. The molecule has 0 saturated carbocycles. The lowest BCUT2D eigenvalue weighted by molar-refractivity contribution is -0.141. The van der Waals surface area contributed by atoms with Gasteiger partial charge in [0.05, 0.1) is 24.0 Å². The van der Waals surface area contributed by atoms with Gasteiger partial charge in [-0.25, -0.2) is 14.8 Å². The van der Waals surface area contributed by atoms with E-state index in [0.29, 0.717) is 24.5 Å². The van der Waals surface area contributed by atoms with Crippen LogP contribution < -0.4 is 5.32 Å². The van der Waals surface area contributed by atoms with Crippen LogP contribution in [0, 0.1) is 5.92 Å². The number of carboxylic acids is 1. The molecule has 2 amide bonds. The standard InChI is InChI=1S/C16H16N4O3/c21-15(22)12-6-7-20(10-12)16(23)19-13-8-17-14(18-9-13)11-4-2-1-3-5-11/h1-5,8-9,12H,6-7,10H2,(H,19,23)(H,21,22). The fourth-order valence-corrected chi connectivity index (χ4v) is 2.48.